The minimum atomic E-state index is -0.701. The first-order valence-corrected chi connectivity index (χ1v) is 4.23. The molecule has 2 N–H and O–H groups in total. The largest absolute Gasteiger partial charge is 0.354 e. The van der Waals surface area contributed by atoms with Crippen LogP contribution in [0.1, 0.15) is 0 Å². The Morgan fingerprint density at radius 1 is 1.50 bits per heavy atom. The summed E-state index contributed by atoms with van der Waals surface area (Å²) >= 11 is 3.89. The van der Waals surface area contributed by atoms with E-state index in [4.69, 9.17) is 10.3 Å². The van der Waals surface area contributed by atoms with Crippen LogP contribution in [0.3, 0.4) is 0 Å². The van der Waals surface area contributed by atoms with Crippen molar-refractivity contribution < 1.29 is 9.32 Å². The first-order valence-electron chi connectivity index (χ1n) is 3.83. The highest BCUT2D eigenvalue weighted by atomic mass is 32.1. The lowest BCUT2D eigenvalue weighted by molar-refractivity contribution is 0.257. The molecule has 6 heteroatoms. The number of carbonyl (C=O) groups excluding carboxylic acids is 1. The molecule has 2 aromatic rings. The maximum atomic E-state index is 10.8. The molecule has 0 unspecified atom stereocenters. The SMILES string of the molecule is NC(=O)N(S)c1noc2ccccc12. The van der Waals surface area contributed by atoms with Gasteiger partial charge in [-0.05, 0) is 12.1 Å². The van der Waals surface area contributed by atoms with Crippen molar-refractivity contribution >= 4 is 35.6 Å². The summed E-state index contributed by atoms with van der Waals surface area (Å²) in [4.78, 5) is 10.8. The Labute approximate surface area is 85.0 Å². The van der Waals surface area contributed by atoms with Crippen molar-refractivity contribution in [3.8, 4) is 0 Å². The van der Waals surface area contributed by atoms with E-state index in [-0.39, 0.29) is 0 Å². The molecule has 0 spiro atoms. The standard InChI is InChI=1S/C8H7N3O2S/c9-8(12)11(14)7-5-3-1-2-4-6(5)13-10-7/h1-4,14H,(H2,9,12). The summed E-state index contributed by atoms with van der Waals surface area (Å²) in [5.41, 5.74) is 5.63. The highest BCUT2D eigenvalue weighted by molar-refractivity contribution is 7.82. The Balaban J connectivity index is 2.58. The molecule has 0 saturated heterocycles. The molecule has 0 fully saturated rings. The maximum Gasteiger partial charge on any atom is 0.330 e. The average Bonchev–Trinajstić information content (AvgIpc) is 2.60. The van der Waals surface area contributed by atoms with E-state index in [0.717, 1.165) is 4.31 Å². The molecule has 0 aliphatic carbocycles. The highest BCUT2D eigenvalue weighted by Crippen LogP contribution is 2.26. The van der Waals surface area contributed by atoms with Gasteiger partial charge in [-0.2, -0.15) is 0 Å². The van der Waals surface area contributed by atoms with Gasteiger partial charge in [-0.3, -0.25) is 0 Å². The van der Waals surface area contributed by atoms with Crippen LogP contribution in [0.4, 0.5) is 10.6 Å². The van der Waals surface area contributed by atoms with E-state index in [0.29, 0.717) is 16.8 Å². The number of hydrogen-bond donors (Lipinski definition) is 2. The summed E-state index contributed by atoms with van der Waals surface area (Å²) in [6.07, 6.45) is 0. The van der Waals surface area contributed by atoms with Gasteiger partial charge in [0.05, 0.1) is 5.39 Å². The molecule has 5 nitrogen and oxygen atoms in total. The Morgan fingerprint density at radius 2 is 2.21 bits per heavy atom. The molecule has 0 radical (unpaired) electrons. The number of carbonyl (C=O) groups is 1. The van der Waals surface area contributed by atoms with Crippen LogP contribution in [0.25, 0.3) is 11.0 Å². The van der Waals surface area contributed by atoms with Crippen molar-refractivity contribution in [2.45, 2.75) is 0 Å². The second kappa shape index (κ2) is 3.22. The number of fused-ring (bicyclic) bond motifs is 1. The minimum Gasteiger partial charge on any atom is -0.354 e. The van der Waals surface area contributed by atoms with Crippen LogP contribution in [0, 0.1) is 0 Å². The summed E-state index contributed by atoms with van der Waals surface area (Å²) in [6, 6.07) is 6.44. The number of nitrogens with two attached hydrogens (primary N) is 1. The number of primary amides is 1. The van der Waals surface area contributed by atoms with Crippen LogP contribution in [0.15, 0.2) is 28.8 Å². The summed E-state index contributed by atoms with van der Waals surface area (Å²) in [6.45, 7) is 0. The van der Waals surface area contributed by atoms with Crippen molar-refractivity contribution in [2.75, 3.05) is 4.31 Å². The molecular weight excluding hydrogens is 202 g/mol. The van der Waals surface area contributed by atoms with Gasteiger partial charge in [0.2, 0.25) is 0 Å². The second-order valence-electron chi connectivity index (χ2n) is 2.65. The molecule has 0 saturated carbocycles. The topological polar surface area (TPSA) is 72.4 Å². The van der Waals surface area contributed by atoms with E-state index in [9.17, 15) is 4.79 Å². The molecule has 0 atom stereocenters. The number of amides is 2. The second-order valence-corrected chi connectivity index (χ2v) is 3.05. The molecule has 2 amide bonds. The first-order chi connectivity index (χ1) is 6.70. The monoisotopic (exact) mass is 209 g/mol. The number of urea groups is 1. The minimum absolute atomic E-state index is 0.302. The number of para-hydroxylation sites is 1. The lowest BCUT2D eigenvalue weighted by Gasteiger charge is -2.07. The smallest absolute Gasteiger partial charge is 0.330 e. The van der Waals surface area contributed by atoms with Gasteiger partial charge in [-0.15, -0.1) is 0 Å². The van der Waals surface area contributed by atoms with Crippen LogP contribution in [0.2, 0.25) is 0 Å². The zero-order valence-corrected chi connectivity index (χ0v) is 7.94. The van der Waals surface area contributed by atoms with Crippen LogP contribution in [-0.4, -0.2) is 11.2 Å². The van der Waals surface area contributed by atoms with Crippen molar-refractivity contribution in [2.24, 2.45) is 5.73 Å². The van der Waals surface area contributed by atoms with Crippen LogP contribution >= 0.6 is 12.8 Å². The fraction of sp³-hybridized carbons (Fsp3) is 0. The third-order valence-electron chi connectivity index (χ3n) is 1.77. The maximum absolute atomic E-state index is 10.8. The molecule has 0 aliphatic rings. The summed E-state index contributed by atoms with van der Waals surface area (Å²) < 4.78 is 5.91. The molecular formula is C8H7N3O2S. The fourth-order valence-corrected chi connectivity index (χ4v) is 1.27. The fourth-order valence-electron chi connectivity index (χ4n) is 1.13. The Morgan fingerprint density at radius 3 is 2.93 bits per heavy atom. The van der Waals surface area contributed by atoms with E-state index < -0.39 is 6.03 Å². The molecule has 1 aromatic heterocycles. The van der Waals surface area contributed by atoms with Gasteiger partial charge in [0.15, 0.2) is 11.4 Å². The summed E-state index contributed by atoms with van der Waals surface area (Å²) in [5.74, 6) is 0.302. The normalized spacial score (nSPS) is 10.4. The average molecular weight is 209 g/mol. The van der Waals surface area contributed by atoms with Crippen LogP contribution < -0.4 is 10.0 Å². The van der Waals surface area contributed by atoms with Gasteiger partial charge in [-0.25, -0.2) is 9.10 Å². The van der Waals surface area contributed by atoms with Gasteiger partial charge in [-0.1, -0.05) is 30.1 Å². The van der Waals surface area contributed by atoms with Gasteiger partial charge >= 0.3 is 6.03 Å². The Hall–Kier alpha value is -1.69. The van der Waals surface area contributed by atoms with Crippen molar-refractivity contribution in [3.63, 3.8) is 0 Å². The van der Waals surface area contributed by atoms with Crippen molar-refractivity contribution in [1.82, 2.24) is 5.16 Å². The number of hydrogen-bond acceptors (Lipinski definition) is 4. The molecule has 1 aromatic carbocycles. The molecule has 0 aliphatic heterocycles. The lowest BCUT2D eigenvalue weighted by Crippen LogP contribution is -2.27. The Kier molecular flexibility index (Phi) is 2.05. The van der Waals surface area contributed by atoms with Gasteiger partial charge in [0, 0.05) is 0 Å². The van der Waals surface area contributed by atoms with E-state index in [2.05, 4.69) is 18.0 Å². The zero-order valence-electron chi connectivity index (χ0n) is 7.04. The predicted molar refractivity (Wildman–Crippen MR) is 55.1 cm³/mol. The molecule has 0 bridgehead atoms. The number of nitrogens with zero attached hydrogens (tertiary/aromatic N) is 2. The van der Waals surface area contributed by atoms with Gasteiger partial charge in [0.25, 0.3) is 0 Å². The van der Waals surface area contributed by atoms with Gasteiger partial charge in [0.1, 0.15) is 0 Å². The third-order valence-corrected chi connectivity index (χ3v) is 2.15. The summed E-state index contributed by atoms with van der Waals surface area (Å²) in [5, 5.41) is 4.39. The zero-order chi connectivity index (χ0) is 10.1. The third kappa shape index (κ3) is 1.29. The highest BCUT2D eigenvalue weighted by Gasteiger charge is 2.15. The molecule has 1 heterocycles. The number of benzene rings is 1. The molecule has 14 heavy (non-hydrogen) atoms. The van der Waals surface area contributed by atoms with Crippen molar-refractivity contribution in [1.29, 1.82) is 0 Å². The van der Waals surface area contributed by atoms with Gasteiger partial charge < -0.3 is 10.3 Å². The van der Waals surface area contributed by atoms with E-state index >= 15 is 0 Å². The number of thiol groups is 1. The number of aromatic nitrogens is 1. The number of anilines is 1. The summed E-state index contributed by atoms with van der Waals surface area (Å²) in [7, 11) is 0. The quantitative estimate of drug-likeness (QED) is 0.700. The van der Waals surface area contributed by atoms with E-state index in [1.54, 1.807) is 12.1 Å². The van der Waals surface area contributed by atoms with Crippen molar-refractivity contribution in [3.05, 3.63) is 24.3 Å². The Bertz CT molecular complexity index is 482. The molecule has 2 rings (SSSR count). The first kappa shape index (κ1) is 8.89. The van der Waals surface area contributed by atoms with Crippen LogP contribution in [-0.2, 0) is 0 Å². The number of rotatable bonds is 1. The predicted octanol–water partition coefficient (Wildman–Crippen LogP) is 1.56. The molecule has 72 valence electrons. The van der Waals surface area contributed by atoms with E-state index in [1.165, 1.54) is 0 Å². The van der Waals surface area contributed by atoms with Crippen LogP contribution in [0.5, 0.6) is 0 Å². The van der Waals surface area contributed by atoms with E-state index in [1.807, 2.05) is 12.1 Å². The lowest BCUT2D eigenvalue weighted by atomic mass is 10.2.